The second kappa shape index (κ2) is 8.61. The Balaban J connectivity index is 2.22. The SMILES string of the molecule is CCC(C)Nc1ccccc1Cc1ccccc1NC(C)CC. The molecule has 2 aromatic carbocycles. The first-order valence-electron chi connectivity index (χ1n) is 8.82. The van der Waals surface area contributed by atoms with Crippen molar-refractivity contribution in [3.05, 3.63) is 59.7 Å². The summed E-state index contributed by atoms with van der Waals surface area (Å²) in [6.45, 7) is 8.89. The molecular weight excluding hydrogens is 280 g/mol. The van der Waals surface area contributed by atoms with Crippen molar-refractivity contribution in [1.29, 1.82) is 0 Å². The first-order chi connectivity index (χ1) is 11.1. The van der Waals surface area contributed by atoms with Crippen molar-refractivity contribution in [1.82, 2.24) is 0 Å². The third-order valence-corrected chi connectivity index (χ3v) is 4.44. The van der Waals surface area contributed by atoms with Gasteiger partial charge in [-0.1, -0.05) is 50.2 Å². The summed E-state index contributed by atoms with van der Waals surface area (Å²) >= 11 is 0. The van der Waals surface area contributed by atoms with Gasteiger partial charge in [0.2, 0.25) is 0 Å². The Morgan fingerprint density at radius 3 is 1.48 bits per heavy atom. The molecular formula is C21H30N2. The van der Waals surface area contributed by atoms with Gasteiger partial charge in [-0.2, -0.15) is 0 Å². The third-order valence-electron chi connectivity index (χ3n) is 4.44. The smallest absolute Gasteiger partial charge is 0.0378 e. The van der Waals surface area contributed by atoms with Gasteiger partial charge in [-0.3, -0.25) is 0 Å². The van der Waals surface area contributed by atoms with Gasteiger partial charge in [0.1, 0.15) is 0 Å². The van der Waals surface area contributed by atoms with E-state index in [-0.39, 0.29) is 0 Å². The molecule has 2 aromatic rings. The average Bonchev–Trinajstić information content (AvgIpc) is 2.58. The van der Waals surface area contributed by atoms with Crippen LogP contribution in [-0.4, -0.2) is 12.1 Å². The molecule has 2 atom stereocenters. The number of hydrogen-bond acceptors (Lipinski definition) is 2. The molecule has 0 amide bonds. The Morgan fingerprint density at radius 2 is 1.09 bits per heavy atom. The van der Waals surface area contributed by atoms with Crippen LogP contribution >= 0.6 is 0 Å². The van der Waals surface area contributed by atoms with Crippen LogP contribution in [0.4, 0.5) is 11.4 Å². The molecule has 23 heavy (non-hydrogen) atoms. The number of anilines is 2. The number of rotatable bonds is 8. The van der Waals surface area contributed by atoms with E-state index in [1.54, 1.807) is 0 Å². The fourth-order valence-corrected chi connectivity index (χ4v) is 2.57. The lowest BCUT2D eigenvalue weighted by molar-refractivity contribution is 0.760. The van der Waals surface area contributed by atoms with E-state index in [1.807, 2.05) is 0 Å². The molecule has 2 rings (SSSR count). The molecule has 0 heterocycles. The highest BCUT2D eigenvalue weighted by Crippen LogP contribution is 2.25. The molecule has 0 spiro atoms. The number of para-hydroxylation sites is 2. The summed E-state index contributed by atoms with van der Waals surface area (Å²) < 4.78 is 0. The molecule has 2 nitrogen and oxygen atoms in total. The zero-order valence-corrected chi connectivity index (χ0v) is 14.9. The van der Waals surface area contributed by atoms with Crippen LogP contribution in [0.25, 0.3) is 0 Å². The minimum absolute atomic E-state index is 0.490. The Kier molecular flexibility index (Phi) is 6.52. The first-order valence-corrected chi connectivity index (χ1v) is 8.82. The largest absolute Gasteiger partial charge is 0.382 e. The predicted octanol–water partition coefficient (Wildman–Crippen LogP) is 5.70. The number of benzene rings is 2. The van der Waals surface area contributed by atoms with E-state index in [4.69, 9.17) is 0 Å². The standard InChI is InChI=1S/C21H30N2/c1-5-16(3)22-20-13-9-7-11-18(20)15-19-12-8-10-14-21(19)23-17(4)6-2/h7-14,16-17,22-23H,5-6,15H2,1-4H3. The second-order valence-corrected chi connectivity index (χ2v) is 6.40. The molecule has 2 N–H and O–H groups in total. The quantitative estimate of drug-likeness (QED) is 0.653. The highest BCUT2D eigenvalue weighted by molar-refractivity contribution is 5.58. The Labute approximate surface area is 141 Å². The van der Waals surface area contributed by atoms with Gasteiger partial charge >= 0.3 is 0 Å². The van der Waals surface area contributed by atoms with Crippen molar-refractivity contribution in [2.75, 3.05) is 10.6 Å². The fourth-order valence-electron chi connectivity index (χ4n) is 2.57. The van der Waals surface area contributed by atoms with Crippen LogP contribution in [0.3, 0.4) is 0 Å². The molecule has 0 aliphatic carbocycles. The molecule has 2 unspecified atom stereocenters. The van der Waals surface area contributed by atoms with Crippen molar-refractivity contribution in [3.8, 4) is 0 Å². The van der Waals surface area contributed by atoms with E-state index in [9.17, 15) is 0 Å². The molecule has 2 heteroatoms. The van der Waals surface area contributed by atoms with Crippen molar-refractivity contribution in [2.24, 2.45) is 0 Å². The van der Waals surface area contributed by atoms with Crippen LogP contribution in [0.1, 0.15) is 51.7 Å². The zero-order chi connectivity index (χ0) is 16.7. The van der Waals surface area contributed by atoms with Gasteiger partial charge in [0.05, 0.1) is 0 Å². The first kappa shape index (κ1) is 17.4. The second-order valence-electron chi connectivity index (χ2n) is 6.40. The lowest BCUT2D eigenvalue weighted by Crippen LogP contribution is -2.16. The van der Waals surface area contributed by atoms with Gasteiger partial charge in [0.15, 0.2) is 0 Å². The molecule has 0 saturated heterocycles. The van der Waals surface area contributed by atoms with Gasteiger partial charge < -0.3 is 10.6 Å². The zero-order valence-electron chi connectivity index (χ0n) is 14.9. The van der Waals surface area contributed by atoms with Crippen molar-refractivity contribution >= 4 is 11.4 Å². The Hall–Kier alpha value is -1.96. The highest BCUT2D eigenvalue weighted by Gasteiger charge is 2.09. The van der Waals surface area contributed by atoms with Gasteiger partial charge in [0, 0.05) is 29.9 Å². The molecule has 124 valence electrons. The maximum atomic E-state index is 3.63. The average molecular weight is 310 g/mol. The van der Waals surface area contributed by atoms with E-state index >= 15 is 0 Å². The highest BCUT2D eigenvalue weighted by atomic mass is 14.9. The summed E-state index contributed by atoms with van der Waals surface area (Å²) in [5.74, 6) is 0. The number of hydrogen-bond donors (Lipinski definition) is 2. The van der Waals surface area contributed by atoms with Crippen LogP contribution in [-0.2, 0) is 6.42 Å². The van der Waals surface area contributed by atoms with Crippen molar-refractivity contribution < 1.29 is 0 Å². The molecule has 0 fully saturated rings. The maximum absolute atomic E-state index is 3.63. The van der Waals surface area contributed by atoms with Crippen molar-refractivity contribution in [3.63, 3.8) is 0 Å². The van der Waals surface area contributed by atoms with Gasteiger partial charge in [0.25, 0.3) is 0 Å². The topological polar surface area (TPSA) is 24.1 Å². The minimum atomic E-state index is 0.490. The molecule has 0 aromatic heterocycles. The Morgan fingerprint density at radius 1 is 0.696 bits per heavy atom. The van der Waals surface area contributed by atoms with Crippen LogP contribution in [0.15, 0.2) is 48.5 Å². The molecule has 0 bridgehead atoms. The minimum Gasteiger partial charge on any atom is -0.382 e. The van der Waals surface area contributed by atoms with Gasteiger partial charge in [-0.15, -0.1) is 0 Å². The van der Waals surface area contributed by atoms with E-state index in [2.05, 4.69) is 86.9 Å². The predicted molar refractivity (Wildman–Crippen MR) is 102 cm³/mol. The summed E-state index contributed by atoms with van der Waals surface area (Å²) in [5, 5.41) is 7.26. The lowest BCUT2D eigenvalue weighted by atomic mass is 10.0. The normalized spacial score (nSPS) is 13.4. The van der Waals surface area contributed by atoms with E-state index < -0.39 is 0 Å². The van der Waals surface area contributed by atoms with E-state index in [0.717, 1.165) is 19.3 Å². The number of nitrogens with one attached hydrogen (secondary N) is 2. The van der Waals surface area contributed by atoms with Crippen molar-refractivity contribution in [2.45, 2.75) is 59.0 Å². The lowest BCUT2D eigenvalue weighted by Gasteiger charge is -2.19. The summed E-state index contributed by atoms with van der Waals surface area (Å²) in [6.07, 6.45) is 3.19. The maximum Gasteiger partial charge on any atom is 0.0378 e. The molecule has 0 radical (unpaired) electrons. The summed E-state index contributed by atoms with van der Waals surface area (Å²) in [6, 6.07) is 18.3. The third kappa shape index (κ3) is 5.02. The van der Waals surface area contributed by atoms with Crippen LogP contribution < -0.4 is 10.6 Å². The van der Waals surface area contributed by atoms with Crippen LogP contribution in [0.2, 0.25) is 0 Å². The molecule has 0 aliphatic rings. The Bertz CT molecular complexity index is 553. The van der Waals surface area contributed by atoms with Crippen LogP contribution in [0.5, 0.6) is 0 Å². The molecule has 0 aliphatic heterocycles. The van der Waals surface area contributed by atoms with E-state index in [1.165, 1.54) is 22.5 Å². The van der Waals surface area contributed by atoms with Gasteiger partial charge in [-0.05, 0) is 49.9 Å². The summed E-state index contributed by atoms with van der Waals surface area (Å²) in [7, 11) is 0. The summed E-state index contributed by atoms with van der Waals surface area (Å²) in [5.41, 5.74) is 5.21. The fraction of sp³-hybridized carbons (Fsp3) is 0.429. The van der Waals surface area contributed by atoms with Gasteiger partial charge in [-0.25, -0.2) is 0 Å². The molecule has 0 saturated carbocycles. The van der Waals surface area contributed by atoms with Crippen LogP contribution in [0, 0.1) is 0 Å². The summed E-state index contributed by atoms with van der Waals surface area (Å²) in [4.78, 5) is 0. The monoisotopic (exact) mass is 310 g/mol. The van der Waals surface area contributed by atoms with E-state index in [0.29, 0.717) is 12.1 Å².